The van der Waals surface area contributed by atoms with E-state index < -0.39 is 72.2 Å². The largest absolute Gasteiger partial charge is 0.481 e. The molecule has 0 heterocycles. The van der Waals surface area contributed by atoms with Gasteiger partial charge >= 0.3 is 5.97 Å². The normalized spacial score (nSPS) is 15.2. The van der Waals surface area contributed by atoms with Gasteiger partial charge in [-0.15, -0.1) is 0 Å². The Morgan fingerprint density at radius 2 is 1.27 bits per heavy atom. The smallest absolute Gasteiger partial charge is 0.305 e. The fraction of sp³-hybridized carbons (Fsp3) is 0.769. The summed E-state index contributed by atoms with van der Waals surface area (Å²) in [5.74, 6) is -4.64. The molecule has 4 amide bonds. The van der Waals surface area contributed by atoms with Crippen molar-refractivity contribution in [2.45, 2.75) is 117 Å². The quantitative estimate of drug-likeness (QED) is 0.0790. The van der Waals surface area contributed by atoms with Crippen LogP contribution in [-0.2, 0) is 28.8 Å². The Hall–Kier alpha value is -3.10. The molecular formula is C26H48N6O8. The number of amides is 4. The topological polar surface area (TPSA) is 229 Å². The highest BCUT2D eigenvalue weighted by Crippen LogP contribution is 2.07. The first kappa shape index (κ1) is 36.9. The molecule has 0 aliphatic heterocycles. The Kier molecular flexibility index (Phi) is 16.9. The van der Waals surface area contributed by atoms with Gasteiger partial charge in [0.25, 0.3) is 0 Å². The standard InChI is InChI=1S/C26H48N6O8/c1-13(2)23(37)18(31-26(40)19(12-21(35)36)30-15(5)6)11-20(34)28-10-8-9-17(29-14(3)4)25(39)32-22(16(7)33)24(27)38/h13-19,22,29-30,33H,8-12H2,1-7H3,(H2,27,38)(H,28,34)(H,31,40)(H,32,39)(H,35,36)/t16-,17+,18+,19+,22+/m1/s1. The van der Waals surface area contributed by atoms with Gasteiger partial charge in [0.2, 0.25) is 23.6 Å². The van der Waals surface area contributed by atoms with Crippen molar-refractivity contribution < 1.29 is 39.0 Å². The van der Waals surface area contributed by atoms with Crippen molar-refractivity contribution in [3.63, 3.8) is 0 Å². The average Bonchev–Trinajstić information content (AvgIpc) is 2.81. The third-order valence-electron chi connectivity index (χ3n) is 5.78. The SMILES string of the molecule is CC(C)N[C@@H](CC(=O)O)C(=O)N[C@@H](CC(=O)NCCC[C@H](NC(C)C)C(=O)N[C@H](C(N)=O)[C@@H](C)O)C(=O)C(C)C. The van der Waals surface area contributed by atoms with E-state index in [-0.39, 0.29) is 37.3 Å². The van der Waals surface area contributed by atoms with Gasteiger partial charge in [-0.1, -0.05) is 41.5 Å². The van der Waals surface area contributed by atoms with Crippen LogP contribution in [0.5, 0.6) is 0 Å². The number of primary amides is 1. The molecule has 0 bridgehead atoms. The Balaban J connectivity index is 5.20. The van der Waals surface area contributed by atoms with Crippen LogP contribution in [0.3, 0.4) is 0 Å². The molecule has 0 rings (SSSR count). The van der Waals surface area contributed by atoms with Crippen LogP contribution in [0.25, 0.3) is 0 Å². The molecule has 0 spiro atoms. The highest BCUT2D eigenvalue weighted by atomic mass is 16.4. The molecule has 0 fully saturated rings. The van der Waals surface area contributed by atoms with Gasteiger partial charge in [0, 0.05) is 24.5 Å². The lowest BCUT2D eigenvalue weighted by molar-refractivity contribution is -0.140. The summed E-state index contributed by atoms with van der Waals surface area (Å²) < 4.78 is 0. The molecule has 230 valence electrons. The Morgan fingerprint density at radius 1 is 0.750 bits per heavy atom. The summed E-state index contributed by atoms with van der Waals surface area (Å²) >= 11 is 0. The molecular weight excluding hydrogens is 524 g/mol. The second-order valence-electron chi connectivity index (χ2n) is 10.8. The minimum Gasteiger partial charge on any atom is -0.481 e. The van der Waals surface area contributed by atoms with Gasteiger partial charge in [-0.3, -0.25) is 28.8 Å². The maximum Gasteiger partial charge on any atom is 0.305 e. The maximum atomic E-state index is 12.8. The van der Waals surface area contributed by atoms with Crippen LogP contribution in [-0.4, -0.2) is 94.5 Å². The van der Waals surface area contributed by atoms with Gasteiger partial charge in [-0.25, -0.2) is 0 Å². The summed E-state index contributed by atoms with van der Waals surface area (Å²) in [7, 11) is 0. The molecule has 9 N–H and O–H groups in total. The number of rotatable bonds is 20. The lowest BCUT2D eigenvalue weighted by Gasteiger charge is -2.25. The summed E-state index contributed by atoms with van der Waals surface area (Å²) in [5, 5.41) is 32.4. The van der Waals surface area contributed by atoms with E-state index in [1.807, 2.05) is 13.8 Å². The number of carbonyl (C=O) groups excluding carboxylic acids is 5. The van der Waals surface area contributed by atoms with Crippen molar-refractivity contribution in [1.82, 2.24) is 26.6 Å². The fourth-order valence-corrected chi connectivity index (χ4v) is 3.87. The number of aliphatic hydroxyl groups is 1. The molecule has 0 unspecified atom stereocenters. The number of aliphatic carboxylic acids is 1. The Bertz CT molecular complexity index is 877. The second-order valence-corrected chi connectivity index (χ2v) is 10.8. The number of carboxylic acids is 1. The van der Waals surface area contributed by atoms with E-state index in [1.165, 1.54) is 6.92 Å². The van der Waals surface area contributed by atoms with Crippen LogP contribution in [0.2, 0.25) is 0 Å². The molecule has 0 aliphatic carbocycles. The Labute approximate surface area is 236 Å². The average molecular weight is 573 g/mol. The number of carbonyl (C=O) groups is 6. The predicted octanol–water partition coefficient (Wildman–Crippen LogP) is -1.46. The van der Waals surface area contributed by atoms with Crippen molar-refractivity contribution in [2.75, 3.05) is 6.54 Å². The highest BCUT2D eigenvalue weighted by molar-refractivity contribution is 5.96. The van der Waals surface area contributed by atoms with Gasteiger partial charge in [-0.05, 0) is 19.8 Å². The van der Waals surface area contributed by atoms with Crippen LogP contribution in [0.15, 0.2) is 0 Å². The lowest BCUT2D eigenvalue weighted by atomic mass is 9.98. The third-order valence-corrected chi connectivity index (χ3v) is 5.78. The fourth-order valence-electron chi connectivity index (χ4n) is 3.87. The predicted molar refractivity (Wildman–Crippen MR) is 148 cm³/mol. The van der Waals surface area contributed by atoms with E-state index in [1.54, 1.807) is 27.7 Å². The molecule has 0 saturated heterocycles. The number of carboxylic acid groups (broad SMARTS) is 1. The van der Waals surface area contributed by atoms with Crippen LogP contribution in [0.1, 0.15) is 74.1 Å². The molecule has 14 nitrogen and oxygen atoms in total. The zero-order chi connectivity index (χ0) is 31.2. The van der Waals surface area contributed by atoms with E-state index in [2.05, 4.69) is 26.6 Å². The molecule has 0 aliphatic rings. The first-order valence-electron chi connectivity index (χ1n) is 13.6. The van der Waals surface area contributed by atoms with Gasteiger partial charge in [-0.2, -0.15) is 0 Å². The van der Waals surface area contributed by atoms with E-state index in [9.17, 15) is 33.9 Å². The summed E-state index contributed by atoms with van der Waals surface area (Å²) in [6.45, 7) is 11.9. The van der Waals surface area contributed by atoms with E-state index >= 15 is 0 Å². The second kappa shape index (κ2) is 18.3. The number of hydrogen-bond acceptors (Lipinski definition) is 9. The van der Waals surface area contributed by atoms with Crippen LogP contribution >= 0.6 is 0 Å². The highest BCUT2D eigenvalue weighted by Gasteiger charge is 2.30. The van der Waals surface area contributed by atoms with Crippen molar-refractivity contribution >= 4 is 35.4 Å². The molecule has 0 saturated carbocycles. The first-order chi connectivity index (χ1) is 18.5. The maximum absolute atomic E-state index is 12.8. The van der Waals surface area contributed by atoms with Crippen molar-refractivity contribution in [1.29, 1.82) is 0 Å². The molecule has 0 aromatic rings. The van der Waals surface area contributed by atoms with Crippen LogP contribution < -0.4 is 32.3 Å². The van der Waals surface area contributed by atoms with Crippen LogP contribution in [0, 0.1) is 5.92 Å². The monoisotopic (exact) mass is 572 g/mol. The first-order valence-corrected chi connectivity index (χ1v) is 13.6. The molecule has 40 heavy (non-hydrogen) atoms. The third kappa shape index (κ3) is 14.9. The minimum absolute atomic E-state index is 0.0783. The van der Waals surface area contributed by atoms with Gasteiger partial charge in [0.15, 0.2) is 5.78 Å². The number of Topliss-reactive ketones (excluding diaryl/α,β-unsaturated/α-hetero) is 1. The molecule has 0 aromatic heterocycles. The number of aliphatic hydroxyl groups excluding tert-OH is 1. The summed E-state index contributed by atoms with van der Waals surface area (Å²) in [6, 6.07) is -4.48. The van der Waals surface area contributed by atoms with Gasteiger partial charge < -0.3 is 42.5 Å². The van der Waals surface area contributed by atoms with E-state index in [0.29, 0.717) is 6.42 Å². The molecule has 14 heteroatoms. The lowest BCUT2D eigenvalue weighted by Crippen LogP contribution is -2.56. The van der Waals surface area contributed by atoms with Crippen LogP contribution in [0.4, 0.5) is 0 Å². The summed E-state index contributed by atoms with van der Waals surface area (Å²) in [4.78, 5) is 73.6. The van der Waals surface area contributed by atoms with E-state index in [0.717, 1.165) is 0 Å². The molecule has 0 aromatic carbocycles. The number of hydrogen-bond donors (Lipinski definition) is 8. The van der Waals surface area contributed by atoms with Gasteiger partial charge in [0.05, 0.1) is 37.1 Å². The number of ketones is 1. The van der Waals surface area contributed by atoms with Crippen molar-refractivity contribution in [2.24, 2.45) is 11.7 Å². The summed E-state index contributed by atoms with van der Waals surface area (Å²) in [6.07, 6.45) is -1.38. The zero-order valence-electron chi connectivity index (χ0n) is 24.6. The molecule has 0 radical (unpaired) electrons. The number of nitrogens with two attached hydrogens (primary N) is 1. The van der Waals surface area contributed by atoms with Crippen molar-refractivity contribution in [3.8, 4) is 0 Å². The summed E-state index contributed by atoms with van der Waals surface area (Å²) in [5.41, 5.74) is 5.25. The minimum atomic E-state index is -1.25. The molecule has 5 atom stereocenters. The number of nitrogens with one attached hydrogen (secondary N) is 5. The zero-order valence-corrected chi connectivity index (χ0v) is 24.6. The van der Waals surface area contributed by atoms with Gasteiger partial charge in [0.1, 0.15) is 6.04 Å². The Morgan fingerprint density at radius 3 is 1.73 bits per heavy atom. The van der Waals surface area contributed by atoms with Crippen molar-refractivity contribution in [3.05, 3.63) is 0 Å². The van der Waals surface area contributed by atoms with E-state index in [4.69, 9.17) is 10.8 Å².